The summed E-state index contributed by atoms with van der Waals surface area (Å²) in [5.41, 5.74) is 2.72. The molecule has 0 spiro atoms. The van der Waals surface area contributed by atoms with Crippen molar-refractivity contribution in [1.29, 1.82) is 0 Å². The number of likely N-dealkylation sites (tertiary alicyclic amines) is 1. The molecule has 1 saturated carbocycles. The molecule has 5 nitrogen and oxygen atoms in total. The maximum Gasteiger partial charge on any atom is 0.230 e. The fourth-order valence-electron chi connectivity index (χ4n) is 5.56. The molecule has 1 saturated heterocycles. The lowest BCUT2D eigenvalue weighted by atomic mass is 9.78. The van der Waals surface area contributed by atoms with Crippen molar-refractivity contribution >= 4 is 11.8 Å². The third-order valence-electron chi connectivity index (χ3n) is 7.27. The summed E-state index contributed by atoms with van der Waals surface area (Å²) in [6, 6.07) is 12.3. The Kier molecular flexibility index (Phi) is 6.92. The molecule has 4 rings (SSSR count). The van der Waals surface area contributed by atoms with Crippen LogP contribution in [0, 0.1) is 11.3 Å². The molecule has 2 heterocycles. The number of hydrogen-bond acceptors (Lipinski definition) is 3. The lowest BCUT2D eigenvalue weighted by molar-refractivity contribution is -0.139. The Balaban J connectivity index is 1.56. The van der Waals surface area contributed by atoms with E-state index >= 15 is 0 Å². The highest BCUT2D eigenvalue weighted by Crippen LogP contribution is 2.39. The Bertz CT molecular complexity index is 937. The van der Waals surface area contributed by atoms with Crippen LogP contribution >= 0.6 is 0 Å². The van der Waals surface area contributed by atoms with Crippen molar-refractivity contribution in [3.05, 3.63) is 54.4 Å². The summed E-state index contributed by atoms with van der Waals surface area (Å²) in [4.78, 5) is 34.5. The second-order valence-corrected chi connectivity index (χ2v) is 9.83. The lowest BCUT2D eigenvalue weighted by Crippen LogP contribution is -2.45. The standard InChI is InChI=1S/C27H35N3O2/c1-29(2)26(32)27(14-16-30(20-27)25(31)17-21-9-4-3-5-10-21)18-22-11-6-7-13-24(22)23-12-8-15-28-19-23/h6-8,11-13,15,19,21H,3-5,9-10,14,16-18,20H2,1-2H3. The maximum atomic E-state index is 13.5. The van der Waals surface area contributed by atoms with E-state index in [-0.39, 0.29) is 11.8 Å². The van der Waals surface area contributed by atoms with Crippen LogP contribution in [0.15, 0.2) is 48.8 Å². The average molecular weight is 434 g/mol. The fourth-order valence-corrected chi connectivity index (χ4v) is 5.56. The van der Waals surface area contributed by atoms with Crippen molar-refractivity contribution in [2.24, 2.45) is 11.3 Å². The van der Waals surface area contributed by atoms with Gasteiger partial charge in [-0.3, -0.25) is 14.6 Å². The number of benzene rings is 1. The number of pyridine rings is 1. The van der Waals surface area contributed by atoms with Gasteiger partial charge in [0.15, 0.2) is 0 Å². The molecule has 2 aliphatic rings. The second kappa shape index (κ2) is 9.85. The van der Waals surface area contributed by atoms with Crippen LogP contribution in [0.2, 0.25) is 0 Å². The monoisotopic (exact) mass is 433 g/mol. The van der Waals surface area contributed by atoms with Gasteiger partial charge in [-0.25, -0.2) is 0 Å². The predicted octanol–water partition coefficient (Wildman–Crippen LogP) is 4.57. The number of nitrogens with zero attached hydrogens (tertiary/aromatic N) is 3. The zero-order valence-corrected chi connectivity index (χ0v) is 19.4. The molecular formula is C27H35N3O2. The molecule has 0 N–H and O–H groups in total. The Hall–Kier alpha value is -2.69. The molecule has 1 aromatic heterocycles. The van der Waals surface area contributed by atoms with E-state index in [9.17, 15) is 9.59 Å². The van der Waals surface area contributed by atoms with Gasteiger partial charge in [0.05, 0.1) is 5.41 Å². The molecule has 0 bridgehead atoms. The molecule has 1 aromatic carbocycles. The number of amides is 2. The van der Waals surface area contributed by atoms with Gasteiger partial charge in [0.2, 0.25) is 11.8 Å². The van der Waals surface area contributed by atoms with E-state index in [1.165, 1.54) is 32.1 Å². The molecule has 170 valence electrons. The summed E-state index contributed by atoms with van der Waals surface area (Å²) in [5.74, 6) is 0.861. The van der Waals surface area contributed by atoms with Gasteiger partial charge < -0.3 is 9.80 Å². The van der Waals surface area contributed by atoms with E-state index in [0.717, 1.165) is 16.7 Å². The van der Waals surface area contributed by atoms with Gasteiger partial charge in [-0.1, -0.05) is 49.6 Å². The zero-order valence-electron chi connectivity index (χ0n) is 19.4. The molecule has 1 aliphatic heterocycles. The molecule has 2 amide bonds. The van der Waals surface area contributed by atoms with E-state index in [1.54, 1.807) is 11.1 Å². The molecule has 1 unspecified atom stereocenters. The van der Waals surface area contributed by atoms with Crippen LogP contribution < -0.4 is 0 Å². The molecule has 0 radical (unpaired) electrons. The highest BCUT2D eigenvalue weighted by atomic mass is 16.2. The summed E-state index contributed by atoms with van der Waals surface area (Å²) in [5, 5.41) is 0. The normalized spacial score (nSPS) is 21.5. The first-order chi connectivity index (χ1) is 15.5. The Morgan fingerprint density at radius 3 is 2.59 bits per heavy atom. The summed E-state index contributed by atoms with van der Waals surface area (Å²) >= 11 is 0. The number of carbonyl (C=O) groups excluding carboxylic acids is 2. The lowest BCUT2D eigenvalue weighted by Gasteiger charge is -2.32. The summed E-state index contributed by atoms with van der Waals surface area (Å²) in [6.07, 6.45) is 11.7. The number of carbonyl (C=O) groups is 2. The third kappa shape index (κ3) is 4.87. The Morgan fingerprint density at radius 1 is 1.09 bits per heavy atom. The average Bonchev–Trinajstić information content (AvgIpc) is 3.25. The van der Waals surface area contributed by atoms with Crippen molar-refractivity contribution in [3.63, 3.8) is 0 Å². The van der Waals surface area contributed by atoms with Gasteiger partial charge >= 0.3 is 0 Å². The van der Waals surface area contributed by atoms with E-state index < -0.39 is 5.41 Å². The van der Waals surface area contributed by atoms with Gasteiger partial charge in [0.1, 0.15) is 0 Å². The number of rotatable bonds is 6. The fraction of sp³-hybridized carbons (Fsp3) is 0.519. The van der Waals surface area contributed by atoms with E-state index in [0.29, 0.717) is 38.3 Å². The highest BCUT2D eigenvalue weighted by molar-refractivity contribution is 5.86. The first-order valence-corrected chi connectivity index (χ1v) is 12.0. The first-order valence-electron chi connectivity index (χ1n) is 12.0. The van der Waals surface area contributed by atoms with Crippen molar-refractivity contribution in [3.8, 4) is 11.1 Å². The van der Waals surface area contributed by atoms with Crippen LogP contribution in [0.5, 0.6) is 0 Å². The van der Waals surface area contributed by atoms with Crippen molar-refractivity contribution in [2.45, 2.75) is 51.4 Å². The van der Waals surface area contributed by atoms with E-state index in [4.69, 9.17) is 0 Å². The molecule has 32 heavy (non-hydrogen) atoms. The van der Waals surface area contributed by atoms with E-state index in [1.807, 2.05) is 43.4 Å². The summed E-state index contributed by atoms with van der Waals surface area (Å²) < 4.78 is 0. The van der Waals surface area contributed by atoms with Gasteiger partial charge in [-0.2, -0.15) is 0 Å². The first kappa shape index (κ1) is 22.5. The maximum absolute atomic E-state index is 13.5. The highest BCUT2D eigenvalue weighted by Gasteiger charge is 2.47. The second-order valence-electron chi connectivity index (χ2n) is 9.83. The van der Waals surface area contributed by atoms with Crippen molar-refractivity contribution < 1.29 is 9.59 Å². The zero-order chi connectivity index (χ0) is 22.6. The number of aromatic nitrogens is 1. The Morgan fingerprint density at radius 2 is 1.88 bits per heavy atom. The molecule has 2 fully saturated rings. The van der Waals surface area contributed by atoms with Crippen molar-refractivity contribution in [1.82, 2.24) is 14.8 Å². The van der Waals surface area contributed by atoms with Crippen LogP contribution in [-0.2, 0) is 16.0 Å². The van der Waals surface area contributed by atoms with E-state index in [2.05, 4.69) is 23.2 Å². The third-order valence-corrected chi connectivity index (χ3v) is 7.27. The molecule has 1 atom stereocenters. The predicted molar refractivity (Wildman–Crippen MR) is 127 cm³/mol. The topological polar surface area (TPSA) is 53.5 Å². The van der Waals surface area contributed by atoms with Gasteiger partial charge in [0.25, 0.3) is 0 Å². The number of hydrogen-bond donors (Lipinski definition) is 0. The molecule has 1 aliphatic carbocycles. The minimum Gasteiger partial charge on any atom is -0.348 e. The van der Waals surface area contributed by atoms with Gasteiger partial charge in [-0.15, -0.1) is 0 Å². The quantitative estimate of drug-likeness (QED) is 0.671. The van der Waals surface area contributed by atoms with Crippen LogP contribution in [-0.4, -0.2) is 53.8 Å². The Labute approximate surface area is 191 Å². The largest absolute Gasteiger partial charge is 0.348 e. The molecule has 5 heteroatoms. The van der Waals surface area contributed by atoms with Crippen molar-refractivity contribution in [2.75, 3.05) is 27.2 Å². The molecular weight excluding hydrogens is 398 g/mol. The molecule has 2 aromatic rings. The smallest absolute Gasteiger partial charge is 0.230 e. The van der Waals surface area contributed by atoms with Crippen LogP contribution in [0.25, 0.3) is 11.1 Å². The SMILES string of the molecule is CN(C)C(=O)C1(Cc2ccccc2-c2cccnc2)CCN(C(=O)CC2CCCCC2)C1. The van der Waals surface area contributed by atoms with Crippen LogP contribution in [0.4, 0.5) is 0 Å². The minimum atomic E-state index is -0.579. The van der Waals surface area contributed by atoms with Crippen LogP contribution in [0.1, 0.15) is 50.5 Å². The minimum absolute atomic E-state index is 0.117. The summed E-state index contributed by atoms with van der Waals surface area (Å²) in [6.45, 7) is 1.18. The van der Waals surface area contributed by atoms with Gasteiger partial charge in [-0.05, 0) is 48.8 Å². The van der Waals surface area contributed by atoms with Gasteiger partial charge in [0, 0.05) is 51.6 Å². The van der Waals surface area contributed by atoms with Crippen LogP contribution in [0.3, 0.4) is 0 Å². The summed E-state index contributed by atoms with van der Waals surface area (Å²) in [7, 11) is 3.65.